The van der Waals surface area contributed by atoms with E-state index >= 15 is 0 Å². The largest absolute Gasteiger partial charge is 0.466 e. The summed E-state index contributed by atoms with van der Waals surface area (Å²) in [5.41, 5.74) is 1.12. The fraction of sp³-hybridized carbons (Fsp3) is 0.800. The van der Waals surface area contributed by atoms with Gasteiger partial charge in [0.25, 0.3) is 0 Å². The molecule has 1 fully saturated rings. The third kappa shape index (κ3) is 3.14. The third-order valence-corrected chi connectivity index (χ3v) is 4.71. The van der Waals surface area contributed by atoms with Gasteiger partial charge in [0.2, 0.25) is 0 Å². The van der Waals surface area contributed by atoms with Crippen LogP contribution < -0.4 is 0 Å². The van der Waals surface area contributed by atoms with E-state index in [0.717, 1.165) is 19.3 Å². The minimum atomic E-state index is -0.261. The van der Waals surface area contributed by atoms with E-state index in [-0.39, 0.29) is 23.4 Å². The Bertz CT molecular complexity index is 324. The van der Waals surface area contributed by atoms with Crippen molar-refractivity contribution < 1.29 is 14.6 Å². The second-order valence-electron chi connectivity index (χ2n) is 5.93. The molecule has 1 saturated carbocycles. The van der Waals surface area contributed by atoms with Gasteiger partial charge in [-0.3, -0.25) is 4.79 Å². The summed E-state index contributed by atoms with van der Waals surface area (Å²) < 4.78 is 5.07. The van der Waals surface area contributed by atoms with Crippen LogP contribution in [0, 0.1) is 17.3 Å². The lowest BCUT2D eigenvalue weighted by atomic mass is 9.57. The lowest BCUT2D eigenvalue weighted by Gasteiger charge is -2.49. The topological polar surface area (TPSA) is 46.5 Å². The number of hydrogen-bond donors (Lipinski definition) is 1. The molecule has 0 aromatic heterocycles. The van der Waals surface area contributed by atoms with Crippen molar-refractivity contribution in [3.63, 3.8) is 0 Å². The van der Waals surface area contributed by atoms with Crippen molar-refractivity contribution in [3.05, 3.63) is 12.2 Å². The molecule has 4 atom stereocenters. The lowest BCUT2D eigenvalue weighted by molar-refractivity contribution is -0.143. The highest BCUT2D eigenvalue weighted by Crippen LogP contribution is 2.50. The number of ether oxygens (including phenoxy) is 1. The van der Waals surface area contributed by atoms with Crippen LogP contribution in [0.5, 0.6) is 0 Å². The fourth-order valence-corrected chi connectivity index (χ4v) is 3.30. The van der Waals surface area contributed by atoms with Crippen molar-refractivity contribution in [1.29, 1.82) is 0 Å². The van der Waals surface area contributed by atoms with E-state index in [9.17, 15) is 9.90 Å². The predicted molar refractivity (Wildman–Crippen MR) is 72.1 cm³/mol. The van der Waals surface area contributed by atoms with Crippen molar-refractivity contribution in [3.8, 4) is 0 Å². The molecule has 104 valence electrons. The predicted octanol–water partition coefficient (Wildman–Crippen LogP) is 2.93. The Morgan fingerprint density at radius 1 is 1.44 bits per heavy atom. The van der Waals surface area contributed by atoms with Crippen LogP contribution in [0.1, 0.15) is 47.0 Å². The summed E-state index contributed by atoms with van der Waals surface area (Å²) in [4.78, 5) is 10.9. The van der Waals surface area contributed by atoms with Gasteiger partial charge >= 0.3 is 5.97 Å². The summed E-state index contributed by atoms with van der Waals surface area (Å²) in [6.45, 7) is 12.3. The summed E-state index contributed by atoms with van der Waals surface area (Å²) in [5.74, 6) is 0.351. The Morgan fingerprint density at radius 3 is 2.56 bits per heavy atom. The SMILES string of the molecule is C=C(C)[C@H]1CC[C@@H](O)[C@@H](C)[C@]1(C)CCOC(C)=O. The van der Waals surface area contributed by atoms with E-state index in [4.69, 9.17) is 4.74 Å². The van der Waals surface area contributed by atoms with E-state index in [2.05, 4.69) is 27.4 Å². The molecule has 0 aromatic rings. The summed E-state index contributed by atoms with van der Waals surface area (Å²) >= 11 is 0. The third-order valence-electron chi connectivity index (χ3n) is 4.71. The number of carbonyl (C=O) groups excluding carboxylic acids is 1. The smallest absolute Gasteiger partial charge is 0.302 e. The van der Waals surface area contributed by atoms with Gasteiger partial charge in [0.05, 0.1) is 12.7 Å². The number of carbonyl (C=O) groups is 1. The molecule has 0 heterocycles. The van der Waals surface area contributed by atoms with E-state index in [1.54, 1.807) is 0 Å². The second kappa shape index (κ2) is 5.87. The zero-order chi connectivity index (χ0) is 13.9. The molecule has 1 aliphatic rings. The van der Waals surface area contributed by atoms with Gasteiger partial charge in [0, 0.05) is 6.92 Å². The number of allylic oxidation sites excluding steroid dienone is 1. The van der Waals surface area contributed by atoms with Gasteiger partial charge in [-0.1, -0.05) is 26.0 Å². The second-order valence-corrected chi connectivity index (χ2v) is 5.93. The van der Waals surface area contributed by atoms with Crippen molar-refractivity contribution in [2.75, 3.05) is 6.61 Å². The molecular formula is C15H26O3. The first-order valence-corrected chi connectivity index (χ1v) is 6.76. The van der Waals surface area contributed by atoms with Crippen LogP contribution >= 0.6 is 0 Å². The Kier molecular flexibility index (Phi) is 4.97. The zero-order valence-electron chi connectivity index (χ0n) is 12.0. The number of esters is 1. The van der Waals surface area contributed by atoms with Gasteiger partial charge in [-0.25, -0.2) is 0 Å². The molecule has 1 N–H and O–H groups in total. The number of hydrogen-bond acceptors (Lipinski definition) is 3. The first-order chi connectivity index (χ1) is 8.29. The quantitative estimate of drug-likeness (QED) is 0.620. The molecule has 0 bridgehead atoms. The Labute approximate surface area is 110 Å². The van der Waals surface area contributed by atoms with Crippen molar-refractivity contribution in [2.24, 2.45) is 17.3 Å². The molecule has 0 amide bonds. The molecule has 1 aliphatic carbocycles. The number of aliphatic hydroxyl groups is 1. The maximum Gasteiger partial charge on any atom is 0.302 e. The molecule has 0 unspecified atom stereocenters. The normalized spacial score (nSPS) is 36.2. The maximum absolute atomic E-state index is 10.9. The van der Waals surface area contributed by atoms with Crippen molar-refractivity contribution in [2.45, 2.75) is 53.1 Å². The Balaban J connectivity index is 2.80. The molecule has 0 aliphatic heterocycles. The van der Waals surface area contributed by atoms with Gasteiger partial charge in [-0.15, -0.1) is 0 Å². The molecule has 1 rings (SSSR count). The number of rotatable bonds is 4. The van der Waals surface area contributed by atoms with Crippen LogP contribution in [0.15, 0.2) is 12.2 Å². The van der Waals surface area contributed by atoms with Crippen molar-refractivity contribution in [1.82, 2.24) is 0 Å². The van der Waals surface area contributed by atoms with Crippen LogP contribution in [0.25, 0.3) is 0 Å². The first-order valence-electron chi connectivity index (χ1n) is 6.76. The molecule has 0 radical (unpaired) electrons. The van der Waals surface area contributed by atoms with Gasteiger partial charge in [-0.05, 0) is 43.4 Å². The first kappa shape index (κ1) is 15.2. The average molecular weight is 254 g/mol. The van der Waals surface area contributed by atoms with Gasteiger partial charge in [0.15, 0.2) is 0 Å². The Morgan fingerprint density at radius 2 is 2.06 bits per heavy atom. The van der Waals surface area contributed by atoms with Crippen molar-refractivity contribution >= 4 is 5.97 Å². The minimum absolute atomic E-state index is 0.0427. The summed E-state index contributed by atoms with van der Waals surface area (Å²) in [6, 6.07) is 0. The fourth-order valence-electron chi connectivity index (χ4n) is 3.30. The van der Waals surface area contributed by atoms with Crippen LogP contribution in [0.3, 0.4) is 0 Å². The van der Waals surface area contributed by atoms with Crippen LogP contribution in [0.2, 0.25) is 0 Å². The zero-order valence-corrected chi connectivity index (χ0v) is 12.0. The average Bonchev–Trinajstić information content (AvgIpc) is 2.25. The van der Waals surface area contributed by atoms with Gasteiger partial charge in [-0.2, -0.15) is 0 Å². The number of aliphatic hydroxyl groups excluding tert-OH is 1. The summed E-state index contributed by atoms with van der Waals surface area (Å²) in [6.07, 6.45) is 2.32. The Hall–Kier alpha value is -0.830. The molecule has 3 heteroatoms. The van der Waals surface area contributed by atoms with Crippen LogP contribution in [0.4, 0.5) is 0 Å². The van der Waals surface area contributed by atoms with Gasteiger partial charge < -0.3 is 9.84 Å². The van der Waals surface area contributed by atoms with E-state index in [1.165, 1.54) is 12.5 Å². The molecule has 0 saturated heterocycles. The van der Waals surface area contributed by atoms with Gasteiger partial charge in [0.1, 0.15) is 0 Å². The molecule has 18 heavy (non-hydrogen) atoms. The van der Waals surface area contributed by atoms with E-state index in [1.807, 2.05) is 0 Å². The van der Waals surface area contributed by atoms with E-state index < -0.39 is 0 Å². The van der Waals surface area contributed by atoms with Crippen LogP contribution in [-0.2, 0) is 9.53 Å². The highest BCUT2D eigenvalue weighted by atomic mass is 16.5. The standard InChI is InChI=1S/C15H26O3/c1-10(2)13-6-7-14(17)11(3)15(13,5)8-9-18-12(4)16/h11,13-14,17H,1,6-9H2,2-5H3/t11-,13-,14-,15+/m1/s1. The molecular weight excluding hydrogens is 228 g/mol. The monoisotopic (exact) mass is 254 g/mol. The summed E-state index contributed by atoms with van der Waals surface area (Å²) in [7, 11) is 0. The lowest BCUT2D eigenvalue weighted by Crippen LogP contribution is -2.45. The molecule has 3 nitrogen and oxygen atoms in total. The molecule has 0 aromatic carbocycles. The highest BCUT2D eigenvalue weighted by molar-refractivity contribution is 5.65. The minimum Gasteiger partial charge on any atom is -0.466 e. The van der Waals surface area contributed by atoms with Crippen LogP contribution in [-0.4, -0.2) is 23.8 Å². The maximum atomic E-state index is 10.9. The summed E-state index contributed by atoms with van der Waals surface area (Å²) in [5, 5.41) is 10.1. The highest BCUT2D eigenvalue weighted by Gasteiger charge is 2.45. The molecule has 0 spiro atoms. The van der Waals surface area contributed by atoms with E-state index in [0.29, 0.717) is 12.5 Å².